The van der Waals surface area contributed by atoms with Gasteiger partial charge in [0.1, 0.15) is 0 Å². The summed E-state index contributed by atoms with van der Waals surface area (Å²) in [4.78, 5) is 26.1. The number of allylic oxidation sites excluding steroid dienone is 1. The number of carbonyl (C=O) groups is 2. The molecule has 5 nitrogen and oxygen atoms in total. The molecule has 0 bridgehead atoms. The Bertz CT molecular complexity index is 487. The van der Waals surface area contributed by atoms with E-state index in [0.29, 0.717) is 50.5 Å². The van der Waals surface area contributed by atoms with Gasteiger partial charge in [-0.05, 0) is 32.1 Å². The second-order valence-corrected chi connectivity index (χ2v) is 6.36. The van der Waals surface area contributed by atoms with Gasteiger partial charge in [0.2, 0.25) is 0 Å². The quantitative estimate of drug-likeness (QED) is 0.347. The van der Waals surface area contributed by atoms with Crippen LogP contribution in [0.5, 0.6) is 0 Å². The summed E-state index contributed by atoms with van der Waals surface area (Å²) >= 11 is 3.34. The zero-order valence-corrected chi connectivity index (χ0v) is 15.0. The number of imide groups is 1. The fourth-order valence-electron chi connectivity index (χ4n) is 2.66. The zero-order valence-electron chi connectivity index (χ0n) is 13.4. The van der Waals surface area contributed by atoms with Crippen molar-refractivity contribution in [3.8, 4) is 0 Å². The van der Waals surface area contributed by atoms with Gasteiger partial charge in [-0.2, -0.15) is 0 Å². The summed E-state index contributed by atoms with van der Waals surface area (Å²) in [5, 5.41) is 0.930. The zero-order chi connectivity index (χ0) is 16.5. The first kappa shape index (κ1) is 18.4. The van der Waals surface area contributed by atoms with Crippen molar-refractivity contribution in [1.82, 2.24) is 4.90 Å². The summed E-state index contributed by atoms with van der Waals surface area (Å²) in [6, 6.07) is 0. The third-order valence-corrected chi connectivity index (χ3v) is 4.45. The number of halogens is 1. The average Bonchev–Trinajstić information content (AvgIpc) is 2.72. The van der Waals surface area contributed by atoms with Crippen LogP contribution in [0.2, 0.25) is 0 Å². The molecule has 0 aromatic heterocycles. The van der Waals surface area contributed by atoms with Crippen LogP contribution >= 0.6 is 15.9 Å². The van der Waals surface area contributed by atoms with Crippen LogP contribution in [0.3, 0.4) is 0 Å². The van der Waals surface area contributed by atoms with Crippen LogP contribution < -0.4 is 0 Å². The van der Waals surface area contributed by atoms with E-state index in [-0.39, 0.29) is 11.8 Å². The van der Waals surface area contributed by atoms with Gasteiger partial charge < -0.3 is 9.47 Å². The van der Waals surface area contributed by atoms with E-state index in [0.717, 1.165) is 31.0 Å². The van der Waals surface area contributed by atoms with E-state index < -0.39 is 0 Å². The summed E-state index contributed by atoms with van der Waals surface area (Å²) in [7, 11) is 0. The van der Waals surface area contributed by atoms with Gasteiger partial charge in [0.05, 0.1) is 26.4 Å². The van der Waals surface area contributed by atoms with Gasteiger partial charge in [0.15, 0.2) is 0 Å². The molecule has 0 aromatic carbocycles. The largest absolute Gasteiger partial charge is 0.379 e. The Morgan fingerprint density at radius 1 is 1.04 bits per heavy atom. The van der Waals surface area contributed by atoms with Gasteiger partial charge in [-0.1, -0.05) is 28.1 Å². The standard InChI is InChI=1S/C17H24BrNO4/c18-8-5-10-22-12-13-23-11-9-19-16(20)14-6-3-1-2-4-7-15(14)17(19)21/h3,6H,1-2,4-5,7-13H2/b6-3-. The molecular weight excluding hydrogens is 362 g/mol. The fourth-order valence-corrected chi connectivity index (χ4v) is 2.89. The van der Waals surface area contributed by atoms with E-state index in [1.54, 1.807) is 0 Å². The Morgan fingerprint density at radius 2 is 1.83 bits per heavy atom. The molecule has 0 N–H and O–H groups in total. The molecule has 2 amide bonds. The Labute approximate surface area is 145 Å². The minimum absolute atomic E-state index is 0.145. The number of nitrogens with zero attached hydrogens (tertiary/aromatic N) is 1. The maximum atomic E-state index is 12.4. The van der Waals surface area contributed by atoms with Crippen LogP contribution in [0, 0.1) is 0 Å². The first-order valence-corrected chi connectivity index (χ1v) is 9.35. The lowest BCUT2D eigenvalue weighted by Gasteiger charge is -2.15. The predicted octanol–water partition coefficient (Wildman–Crippen LogP) is 2.60. The molecule has 0 unspecified atom stereocenters. The van der Waals surface area contributed by atoms with Crippen molar-refractivity contribution >= 4 is 27.7 Å². The van der Waals surface area contributed by atoms with Gasteiger partial charge >= 0.3 is 0 Å². The van der Waals surface area contributed by atoms with Crippen LogP contribution in [0.1, 0.15) is 32.1 Å². The van der Waals surface area contributed by atoms with Crippen LogP contribution in [0.15, 0.2) is 23.3 Å². The third kappa shape index (κ3) is 5.26. The summed E-state index contributed by atoms with van der Waals surface area (Å²) < 4.78 is 10.8. The molecule has 1 aliphatic carbocycles. The molecule has 1 aliphatic heterocycles. The highest BCUT2D eigenvalue weighted by molar-refractivity contribution is 9.09. The smallest absolute Gasteiger partial charge is 0.261 e. The number of hydrogen-bond acceptors (Lipinski definition) is 4. The molecule has 2 rings (SSSR count). The van der Waals surface area contributed by atoms with Crippen LogP contribution in [0.4, 0.5) is 0 Å². The monoisotopic (exact) mass is 385 g/mol. The Kier molecular flexibility index (Phi) is 7.99. The summed E-state index contributed by atoms with van der Waals surface area (Å²) in [5.41, 5.74) is 1.25. The van der Waals surface area contributed by atoms with E-state index in [1.165, 1.54) is 4.90 Å². The number of ether oxygens (including phenoxy) is 2. The summed E-state index contributed by atoms with van der Waals surface area (Å²) in [6.07, 6.45) is 8.46. The number of rotatable bonds is 9. The highest BCUT2D eigenvalue weighted by Gasteiger charge is 2.36. The Morgan fingerprint density at radius 3 is 2.61 bits per heavy atom. The van der Waals surface area contributed by atoms with E-state index in [4.69, 9.17) is 9.47 Å². The second kappa shape index (κ2) is 10.0. The molecule has 2 aliphatic rings. The lowest BCUT2D eigenvalue weighted by Crippen LogP contribution is -2.35. The fraction of sp³-hybridized carbons (Fsp3) is 0.647. The highest BCUT2D eigenvalue weighted by Crippen LogP contribution is 2.27. The van der Waals surface area contributed by atoms with Gasteiger partial charge in [-0.3, -0.25) is 14.5 Å². The molecular formula is C17H24BrNO4. The lowest BCUT2D eigenvalue weighted by molar-refractivity contribution is -0.138. The number of hydrogen-bond donors (Lipinski definition) is 0. The minimum Gasteiger partial charge on any atom is -0.379 e. The first-order valence-electron chi connectivity index (χ1n) is 8.23. The van der Waals surface area contributed by atoms with E-state index in [1.807, 2.05) is 12.2 Å². The maximum Gasteiger partial charge on any atom is 0.261 e. The summed E-state index contributed by atoms with van der Waals surface area (Å²) in [6.45, 7) is 2.38. The normalized spacial score (nSPS) is 19.8. The molecule has 1 heterocycles. The molecule has 0 atom stereocenters. The Balaban J connectivity index is 1.73. The van der Waals surface area contributed by atoms with Crippen LogP contribution in [-0.2, 0) is 19.1 Å². The molecule has 23 heavy (non-hydrogen) atoms. The van der Waals surface area contributed by atoms with E-state index >= 15 is 0 Å². The van der Waals surface area contributed by atoms with Gasteiger partial charge in [-0.25, -0.2) is 0 Å². The van der Waals surface area contributed by atoms with Crippen molar-refractivity contribution in [2.24, 2.45) is 0 Å². The molecule has 6 heteroatoms. The number of carbonyl (C=O) groups excluding carboxylic acids is 2. The van der Waals surface area contributed by atoms with Crippen LogP contribution in [0.25, 0.3) is 0 Å². The average molecular weight is 386 g/mol. The lowest BCUT2D eigenvalue weighted by atomic mass is 10.00. The van der Waals surface area contributed by atoms with Crippen LogP contribution in [-0.4, -0.2) is 55.0 Å². The van der Waals surface area contributed by atoms with Crippen molar-refractivity contribution in [2.75, 3.05) is 38.3 Å². The van der Waals surface area contributed by atoms with Gasteiger partial charge in [-0.15, -0.1) is 0 Å². The molecule has 0 saturated carbocycles. The van der Waals surface area contributed by atoms with Crippen molar-refractivity contribution < 1.29 is 19.1 Å². The van der Waals surface area contributed by atoms with Gasteiger partial charge in [0, 0.05) is 23.1 Å². The second-order valence-electron chi connectivity index (χ2n) is 5.57. The topological polar surface area (TPSA) is 55.8 Å². The van der Waals surface area contributed by atoms with Gasteiger partial charge in [0.25, 0.3) is 11.8 Å². The van der Waals surface area contributed by atoms with Crippen molar-refractivity contribution in [3.63, 3.8) is 0 Å². The number of amides is 2. The molecule has 0 saturated heterocycles. The highest BCUT2D eigenvalue weighted by atomic mass is 79.9. The van der Waals surface area contributed by atoms with Crippen molar-refractivity contribution in [3.05, 3.63) is 23.3 Å². The maximum absolute atomic E-state index is 12.4. The molecule has 0 aromatic rings. The molecule has 0 radical (unpaired) electrons. The van der Waals surface area contributed by atoms with Crippen molar-refractivity contribution in [1.29, 1.82) is 0 Å². The first-order chi connectivity index (χ1) is 11.3. The molecule has 0 fully saturated rings. The Hall–Kier alpha value is -0.980. The van der Waals surface area contributed by atoms with Crippen molar-refractivity contribution in [2.45, 2.75) is 32.1 Å². The number of alkyl halides is 1. The SMILES string of the molecule is O=C1C2=C(CCCC/C=C\2)C(=O)N1CCOCCOCCCBr. The molecule has 128 valence electrons. The van der Waals surface area contributed by atoms with E-state index in [9.17, 15) is 9.59 Å². The summed E-state index contributed by atoms with van der Waals surface area (Å²) in [5.74, 6) is -0.325. The molecule has 0 spiro atoms. The van der Waals surface area contributed by atoms with E-state index in [2.05, 4.69) is 15.9 Å². The minimum atomic E-state index is -0.180. The predicted molar refractivity (Wildman–Crippen MR) is 91.4 cm³/mol. The third-order valence-electron chi connectivity index (χ3n) is 3.89.